The lowest BCUT2D eigenvalue weighted by Crippen LogP contribution is -2.04. The summed E-state index contributed by atoms with van der Waals surface area (Å²) < 4.78 is 27.3. The molecule has 0 atom stereocenters. The number of hydrogen-bond donors (Lipinski definition) is 1. The number of fused-ring (bicyclic) bond motifs is 1. The van der Waals surface area contributed by atoms with Crippen LogP contribution in [0.4, 0.5) is 8.78 Å². The second-order valence-corrected chi connectivity index (χ2v) is 5.18. The first kappa shape index (κ1) is 13.0. The lowest BCUT2D eigenvalue weighted by molar-refractivity contribution is 0.103. The molecule has 0 aliphatic rings. The molecule has 5 heteroatoms. The molecule has 20 heavy (non-hydrogen) atoms. The number of aromatic amines is 1. The van der Waals surface area contributed by atoms with Gasteiger partial charge >= 0.3 is 0 Å². The number of H-pyrrole nitrogens is 1. The van der Waals surface area contributed by atoms with Crippen LogP contribution in [0.15, 0.2) is 47.1 Å². The topological polar surface area (TPSA) is 32.9 Å². The van der Waals surface area contributed by atoms with E-state index >= 15 is 0 Å². The number of benzene rings is 2. The van der Waals surface area contributed by atoms with Crippen molar-refractivity contribution in [2.45, 2.75) is 0 Å². The Balaban J connectivity index is 2.16. The minimum Gasteiger partial charge on any atom is -0.360 e. The molecule has 0 aliphatic heterocycles. The van der Waals surface area contributed by atoms with Gasteiger partial charge in [-0.1, -0.05) is 6.07 Å². The van der Waals surface area contributed by atoms with Crippen molar-refractivity contribution >= 4 is 32.6 Å². The first-order valence-corrected chi connectivity index (χ1v) is 6.62. The van der Waals surface area contributed by atoms with Gasteiger partial charge < -0.3 is 4.98 Å². The standard InChI is InChI=1S/C15H8BrF2NO/c16-12-3-1-2-10(14(12)18)15(20)11-7-19-13-6-8(17)4-5-9(11)13/h1-7,19H. The van der Waals surface area contributed by atoms with Gasteiger partial charge in [0.15, 0.2) is 5.78 Å². The van der Waals surface area contributed by atoms with E-state index in [2.05, 4.69) is 20.9 Å². The van der Waals surface area contributed by atoms with E-state index in [-0.39, 0.29) is 10.0 Å². The second-order valence-electron chi connectivity index (χ2n) is 4.32. The first-order valence-electron chi connectivity index (χ1n) is 5.83. The molecule has 100 valence electrons. The molecule has 0 radical (unpaired) electrons. The van der Waals surface area contributed by atoms with Crippen LogP contribution in [0.5, 0.6) is 0 Å². The predicted molar refractivity (Wildman–Crippen MR) is 75.8 cm³/mol. The highest BCUT2D eigenvalue weighted by Gasteiger charge is 2.19. The molecule has 2 nitrogen and oxygen atoms in total. The van der Waals surface area contributed by atoms with Gasteiger partial charge in [-0.05, 0) is 46.3 Å². The van der Waals surface area contributed by atoms with Gasteiger partial charge in [0.1, 0.15) is 11.6 Å². The van der Waals surface area contributed by atoms with Gasteiger partial charge in [0.25, 0.3) is 0 Å². The third-order valence-electron chi connectivity index (χ3n) is 3.08. The summed E-state index contributed by atoms with van der Waals surface area (Å²) in [4.78, 5) is 15.2. The number of hydrogen-bond acceptors (Lipinski definition) is 1. The van der Waals surface area contributed by atoms with Crippen molar-refractivity contribution in [3.8, 4) is 0 Å². The SMILES string of the molecule is O=C(c1cccc(Br)c1F)c1c[nH]c2cc(F)ccc12. The van der Waals surface area contributed by atoms with E-state index in [9.17, 15) is 13.6 Å². The summed E-state index contributed by atoms with van der Waals surface area (Å²) >= 11 is 3.05. The van der Waals surface area contributed by atoms with Gasteiger partial charge in [0.2, 0.25) is 0 Å². The monoisotopic (exact) mass is 335 g/mol. The molecule has 0 spiro atoms. The Morgan fingerprint density at radius 3 is 2.70 bits per heavy atom. The maximum Gasteiger partial charge on any atom is 0.198 e. The Kier molecular flexibility index (Phi) is 3.14. The van der Waals surface area contributed by atoms with Crippen LogP contribution in [0.3, 0.4) is 0 Å². The lowest BCUT2D eigenvalue weighted by Gasteiger charge is -2.03. The largest absolute Gasteiger partial charge is 0.360 e. The Hall–Kier alpha value is -2.01. The van der Waals surface area contributed by atoms with E-state index in [1.165, 1.54) is 36.5 Å². The number of rotatable bonds is 2. The minimum absolute atomic E-state index is 0.0235. The van der Waals surface area contributed by atoms with Crippen molar-refractivity contribution in [1.82, 2.24) is 4.98 Å². The van der Waals surface area contributed by atoms with Crippen molar-refractivity contribution in [3.05, 3.63) is 69.8 Å². The Labute approximate surface area is 121 Å². The molecule has 0 amide bonds. The molecule has 0 bridgehead atoms. The molecule has 1 aromatic heterocycles. The smallest absolute Gasteiger partial charge is 0.198 e. The van der Waals surface area contributed by atoms with Crippen LogP contribution < -0.4 is 0 Å². The number of nitrogens with one attached hydrogen (secondary N) is 1. The second kappa shape index (κ2) is 4.83. The number of carbonyl (C=O) groups is 1. The molecule has 1 N–H and O–H groups in total. The molecule has 0 saturated heterocycles. The molecule has 2 aromatic carbocycles. The van der Waals surface area contributed by atoms with E-state index in [4.69, 9.17) is 0 Å². The van der Waals surface area contributed by atoms with E-state index in [0.717, 1.165) is 0 Å². The van der Waals surface area contributed by atoms with Gasteiger partial charge in [-0.3, -0.25) is 4.79 Å². The van der Waals surface area contributed by atoms with Gasteiger partial charge in [0.05, 0.1) is 10.0 Å². The van der Waals surface area contributed by atoms with Crippen molar-refractivity contribution in [2.24, 2.45) is 0 Å². The van der Waals surface area contributed by atoms with Crippen molar-refractivity contribution < 1.29 is 13.6 Å². The third kappa shape index (κ3) is 2.04. The van der Waals surface area contributed by atoms with Crippen molar-refractivity contribution in [2.75, 3.05) is 0 Å². The number of carbonyl (C=O) groups excluding carboxylic acids is 1. The molecule has 0 fully saturated rings. The van der Waals surface area contributed by atoms with Gasteiger partial charge in [-0.15, -0.1) is 0 Å². The van der Waals surface area contributed by atoms with Crippen LogP contribution in [0.1, 0.15) is 15.9 Å². The van der Waals surface area contributed by atoms with Gasteiger partial charge in [-0.25, -0.2) is 8.78 Å². The molecular weight excluding hydrogens is 328 g/mol. The fourth-order valence-electron chi connectivity index (χ4n) is 2.11. The van der Waals surface area contributed by atoms with Gasteiger partial charge in [-0.2, -0.15) is 0 Å². The normalized spacial score (nSPS) is 10.9. The average molecular weight is 336 g/mol. The molecule has 0 unspecified atom stereocenters. The third-order valence-corrected chi connectivity index (χ3v) is 3.70. The fourth-order valence-corrected chi connectivity index (χ4v) is 2.48. The molecular formula is C15H8BrF2NO. The summed E-state index contributed by atoms with van der Waals surface area (Å²) in [6.07, 6.45) is 1.47. The molecule has 3 aromatic rings. The summed E-state index contributed by atoms with van der Waals surface area (Å²) in [5.41, 5.74) is 0.797. The first-order chi connectivity index (χ1) is 9.58. The maximum atomic E-state index is 14.0. The summed E-state index contributed by atoms with van der Waals surface area (Å²) in [6.45, 7) is 0. The van der Waals surface area contributed by atoms with E-state index in [1.807, 2.05) is 0 Å². The number of halogens is 3. The molecule has 1 heterocycles. The zero-order valence-electron chi connectivity index (χ0n) is 10.1. The lowest BCUT2D eigenvalue weighted by atomic mass is 10.0. The highest BCUT2D eigenvalue weighted by Crippen LogP contribution is 2.25. The maximum absolute atomic E-state index is 14.0. The van der Waals surface area contributed by atoms with Crippen molar-refractivity contribution in [1.29, 1.82) is 0 Å². The summed E-state index contributed by atoms with van der Waals surface area (Å²) in [5.74, 6) is -1.44. The summed E-state index contributed by atoms with van der Waals surface area (Å²) in [5, 5.41) is 0.566. The Bertz CT molecular complexity index is 826. The fraction of sp³-hybridized carbons (Fsp3) is 0. The van der Waals surface area contributed by atoms with Crippen LogP contribution in [0.25, 0.3) is 10.9 Å². The van der Waals surface area contributed by atoms with E-state index in [1.54, 1.807) is 6.07 Å². The number of aromatic nitrogens is 1. The van der Waals surface area contributed by atoms with Crippen LogP contribution in [-0.2, 0) is 0 Å². The van der Waals surface area contributed by atoms with E-state index in [0.29, 0.717) is 16.5 Å². The van der Waals surface area contributed by atoms with Crippen LogP contribution >= 0.6 is 15.9 Å². The van der Waals surface area contributed by atoms with Crippen LogP contribution in [-0.4, -0.2) is 10.8 Å². The van der Waals surface area contributed by atoms with Crippen LogP contribution in [0, 0.1) is 11.6 Å². The molecule has 3 rings (SSSR count). The zero-order valence-corrected chi connectivity index (χ0v) is 11.7. The van der Waals surface area contributed by atoms with E-state index < -0.39 is 17.4 Å². The molecule has 0 saturated carbocycles. The zero-order chi connectivity index (χ0) is 14.3. The predicted octanol–water partition coefficient (Wildman–Crippen LogP) is 4.44. The highest BCUT2D eigenvalue weighted by atomic mass is 79.9. The average Bonchev–Trinajstić information content (AvgIpc) is 2.84. The van der Waals surface area contributed by atoms with Crippen LogP contribution in [0.2, 0.25) is 0 Å². The Morgan fingerprint density at radius 1 is 1.10 bits per heavy atom. The minimum atomic E-state index is -0.603. The summed E-state index contributed by atoms with van der Waals surface area (Å²) in [6, 6.07) is 8.61. The molecule has 0 aliphatic carbocycles. The highest BCUT2D eigenvalue weighted by molar-refractivity contribution is 9.10. The Morgan fingerprint density at radius 2 is 1.90 bits per heavy atom. The number of ketones is 1. The quantitative estimate of drug-likeness (QED) is 0.690. The summed E-state index contributed by atoms with van der Waals surface area (Å²) in [7, 11) is 0. The van der Waals surface area contributed by atoms with Crippen molar-refractivity contribution in [3.63, 3.8) is 0 Å². The van der Waals surface area contributed by atoms with Gasteiger partial charge in [0, 0.05) is 22.7 Å².